The molecular formula is C12H17N3O2. The molecule has 1 aromatic carbocycles. The molecule has 0 saturated heterocycles. The van der Waals surface area contributed by atoms with E-state index in [1.807, 2.05) is 18.2 Å². The van der Waals surface area contributed by atoms with E-state index in [9.17, 15) is 4.79 Å². The van der Waals surface area contributed by atoms with Gasteiger partial charge in [0, 0.05) is 19.3 Å². The molecule has 2 aromatic rings. The maximum Gasteiger partial charge on any atom is 0.323 e. The van der Waals surface area contributed by atoms with Crippen molar-refractivity contribution in [3.63, 3.8) is 0 Å². The monoisotopic (exact) mass is 235 g/mol. The Bertz CT molecular complexity index is 544. The molecular weight excluding hydrogens is 218 g/mol. The lowest BCUT2D eigenvalue weighted by atomic mass is 10.2. The lowest BCUT2D eigenvalue weighted by Gasteiger charge is -2.12. The molecule has 0 amide bonds. The summed E-state index contributed by atoms with van der Waals surface area (Å²) in [6.07, 6.45) is 0. The van der Waals surface area contributed by atoms with Crippen LogP contribution in [-0.2, 0) is 4.74 Å². The van der Waals surface area contributed by atoms with Gasteiger partial charge in [-0.3, -0.25) is 0 Å². The van der Waals surface area contributed by atoms with Gasteiger partial charge in [-0.15, -0.1) is 0 Å². The third-order valence-electron chi connectivity index (χ3n) is 2.62. The van der Waals surface area contributed by atoms with Crippen molar-refractivity contribution in [2.24, 2.45) is 5.92 Å². The van der Waals surface area contributed by atoms with Crippen molar-refractivity contribution < 1.29 is 4.74 Å². The third-order valence-corrected chi connectivity index (χ3v) is 2.62. The molecule has 2 rings (SSSR count). The third kappa shape index (κ3) is 2.88. The number of anilines is 1. The van der Waals surface area contributed by atoms with Gasteiger partial charge in [0.05, 0.1) is 17.6 Å². The molecule has 5 heteroatoms. The van der Waals surface area contributed by atoms with Crippen LogP contribution in [0.25, 0.3) is 11.0 Å². The highest BCUT2D eigenvalue weighted by Crippen LogP contribution is 2.14. The van der Waals surface area contributed by atoms with Crippen LogP contribution in [0, 0.1) is 5.92 Å². The number of aromatic nitrogens is 2. The van der Waals surface area contributed by atoms with Gasteiger partial charge >= 0.3 is 5.69 Å². The number of hydrogen-bond donors (Lipinski definition) is 3. The summed E-state index contributed by atoms with van der Waals surface area (Å²) < 4.78 is 5.07. The zero-order chi connectivity index (χ0) is 12.3. The molecule has 0 spiro atoms. The minimum atomic E-state index is -0.176. The molecule has 1 heterocycles. The van der Waals surface area contributed by atoms with Crippen molar-refractivity contribution >= 4 is 16.7 Å². The maximum atomic E-state index is 11.1. The van der Waals surface area contributed by atoms with Crippen LogP contribution in [0.5, 0.6) is 0 Å². The average molecular weight is 235 g/mol. The van der Waals surface area contributed by atoms with E-state index in [1.165, 1.54) is 0 Å². The van der Waals surface area contributed by atoms with Crippen LogP contribution >= 0.6 is 0 Å². The Labute approximate surface area is 99.2 Å². The van der Waals surface area contributed by atoms with Gasteiger partial charge in [-0.2, -0.15) is 0 Å². The van der Waals surface area contributed by atoms with E-state index >= 15 is 0 Å². The summed E-state index contributed by atoms with van der Waals surface area (Å²) in [5.74, 6) is 0.445. The van der Waals surface area contributed by atoms with Crippen LogP contribution in [-0.4, -0.2) is 30.2 Å². The molecule has 1 unspecified atom stereocenters. The zero-order valence-corrected chi connectivity index (χ0v) is 10.0. The smallest absolute Gasteiger partial charge is 0.323 e. The Morgan fingerprint density at radius 1 is 1.35 bits per heavy atom. The summed E-state index contributed by atoms with van der Waals surface area (Å²) in [6.45, 7) is 3.69. The Kier molecular flexibility index (Phi) is 3.49. The van der Waals surface area contributed by atoms with Crippen LogP contribution in [0.3, 0.4) is 0 Å². The number of nitrogens with one attached hydrogen (secondary N) is 3. The normalized spacial score (nSPS) is 12.8. The number of rotatable bonds is 5. The van der Waals surface area contributed by atoms with Crippen LogP contribution in [0.15, 0.2) is 23.0 Å². The molecule has 17 heavy (non-hydrogen) atoms. The van der Waals surface area contributed by atoms with Gasteiger partial charge in [0.15, 0.2) is 0 Å². The second-order valence-electron chi connectivity index (χ2n) is 4.28. The second-order valence-corrected chi connectivity index (χ2v) is 4.28. The Morgan fingerprint density at radius 3 is 2.88 bits per heavy atom. The van der Waals surface area contributed by atoms with Crippen molar-refractivity contribution in [1.29, 1.82) is 0 Å². The summed E-state index contributed by atoms with van der Waals surface area (Å²) in [6, 6.07) is 5.76. The lowest BCUT2D eigenvalue weighted by Crippen LogP contribution is -2.15. The fraction of sp³-hybridized carbons (Fsp3) is 0.417. The summed E-state index contributed by atoms with van der Waals surface area (Å²) in [5, 5.41) is 3.31. The van der Waals surface area contributed by atoms with Crippen molar-refractivity contribution in [2.75, 3.05) is 25.6 Å². The standard InChI is InChI=1S/C12H17N3O2/c1-8(7-17-2)6-13-9-3-4-10-11(5-9)15-12(16)14-10/h3-5,8,13H,6-7H2,1-2H3,(H2,14,15,16). The number of methoxy groups -OCH3 is 1. The molecule has 0 aliphatic carbocycles. The molecule has 1 atom stereocenters. The van der Waals surface area contributed by atoms with Crippen molar-refractivity contribution in [3.05, 3.63) is 28.7 Å². The largest absolute Gasteiger partial charge is 0.385 e. The van der Waals surface area contributed by atoms with Gasteiger partial charge in [-0.05, 0) is 24.1 Å². The second kappa shape index (κ2) is 5.05. The molecule has 0 bridgehead atoms. The minimum absolute atomic E-state index is 0.176. The predicted molar refractivity (Wildman–Crippen MR) is 68.4 cm³/mol. The first-order valence-electron chi connectivity index (χ1n) is 5.64. The first-order chi connectivity index (χ1) is 8.19. The van der Waals surface area contributed by atoms with Crippen molar-refractivity contribution in [3.8, 4) is 0 Å². The lowest BCUT2D eigenvalue weighted by molar-refractivity contribution is 0.164. The molecule has 0 aliphatic heterocycles. The van der Waals surface area contributed by atoms with Crippen molar-refractivity contribution in [2.45, 2.75) is 6.92 Å². The quantitative estimate of drug-likeness (QED) is 0.736. The number of aromatic amines is 2. The van der Waals surface area contributed by atoms with E-state index in [0.717, 1.165) is 29.9 Å². The average Bonchev–Trinajstić information content (AvgIpc) is 2.66. The van der Waals surface area contributed by atoms with Crippen LogP contribution in [0.1, 0.15) is 6.92 Å². The van der Waals surface area contributed by atoms with Gasteiger partial charge in [-0.1, -0.05) is 6.92 Å². The molecule has 3 N–H and O–H groups in total. The van der Waals surface area contributed by atoms with Gasteiger partial charge in [0.2, 0.25) is 0 Å². The van der Waals surface area contributed by atoms with E-state index in [2.05, 4.69) is 22.2 Å². The first-order valence-corrected chi connectivity index (χ1v) is 5.64. The molecule has 5 nitrogen and oxygen atoms in total. The van der Waals surface area contributed by atoms with Crippen molar-refractivity contribution in [1.82, 2.24) is 9.97 Å². The summed E-state index contributed by atoms with van der Waals surface area (Å²) in [5.41, 5.74) is 2.46. The zero-order valence-electron chi connectivity index (χ0n) is 10.0. The number of benzene rings is 1. The SMILES string of the molecule is COCC(C)CNc1ccc2[nH]c(=O)[nH]c2c1. The Balaban J connectivity index is 2.06. The van der Waals surface area contributed by atoms with Crippen LogP contribution < -0.4 is 11.0 Å². The minimum Gasteiger partial charge on any atom is -0.385 e. The molecule has 0 saturated carbocycles. The van der Waals surface area contributed by atoms with E-state index in [4.69, 9.17) is 4.74 Å². The van der Waals surface area contributed by atoms with Gasteiger partial charge < -0.3 is 20.0 Å². The topological polar surface area (TPSA) is 69.9 Å². The molecule has 92 valence electrons. The predicted octanol–water partition coefficient (Wildman–Crippen LogP) is 1.55. The van der Waals surface area contributed by atoms with E-state index in [0.29, 0.717) is 5.92 Å². The fourth-order valence-electron chi connectivity index (χ4n) is 1.78. The number of fused-ring (bicyclic) bond motifs is 1. The summed E-state index contributed by atoms with van der Waals surface area (Å²) in [7, 11) is 1.70. The highest BCUT2D eigenvalue weighted by molar-refractivity contribution is 5.78. The van der Waals surface area contributed by atoms with Crippen LogP contribution in [0.2, 0.25) is 0 Å². The van der Waals surface area contributed by atoms with Gasteiger partial charge in [0.25, 0.3) is 0 Å². The molecule has 0 aliphatic rings. The number of ether oxygens (including phenoxy) is 1. The number of imidazole rings is 1. The highest BCUT2D eigenvalue weighted by Gasteiger charge is 2.03. The van der Waals surface area contributed by atoms with E-state index in [1.54, 1.807) is 7.11 Å². The summed E-state index contributed by atoms with van der Waals surface area (Å²) in [4.78, 5) is 16.6. The highest BCUT2D eigenvalue weighted by atomic mass is 16.5. The fourth-order valence-corrected chi connectivity index (χ4v) is 1.78. The maximum absolute atomic E-state index is 11.1. The first kappa shape index (κ1) is 11.7. The number of H-pyrrole nitrogens is 2. The number of hydrogen-bond acceptors (Lipinski definition) is 3. The van der Waals surface area contributed by atoms with Gasteiger partial charge in [0.1, 0.15) is 0 Å². The van der Waals surface area contributed by atoms with Crippen LogP contribution in [0.4, 0.5) is 5.69 Å². The Hall–Kier alpha value is -1.75. The van der Waals surface area contributed by atoms with E-state index < -0.39 is 0 Å². The molecule has 0 fully saturated rings. The Morgan fingerprint density at radius 2 is 2.12 bits per heavy atom. The summed E-state index contributed by atoms with van der Waals surface area (Å²) >= 11 is 0. The van der Waals surface area contributed by atoms with E-state index in [-0.39, 0.29) is 5.69 Å². The molecule has 0 radical (unpaired) electrons. The van der Waals surface area contributed by atoms with Gasteiger partial charge in [-0.25, -0.2) is 4.79 Å². The molecule has 1 aromatic heterocycles.